The van der Waals surface area contributed by atoms with Crippen molar-refractivity contribution in [2.75, 3.05) is 10.6 Å². The summed E-state index contributed by atoms with van der Waals surface area (Å²) >= 11 is 0. The third kappa shape index (κ3) is 8.09. The van der Waals surface area contributed by atoms with Crippen molar-refractivity contribution in [2.24, 2.45) is 0 Å². The van der Waals surface area contributed by atoms with Crippen LogP contribution in [0.1, 0.15) is 45.3 Å². The van der Waals surface area contributed by atoms with E-state index in [1.54, 1.807) is 57.3 Å². The van der Waals surface area contributed by atoms with Gasteiger partial charge in [-0.15, -0.1) is 13.2 Å². The Hall–Kier alpha value is -4.14. The number of carbonyl (C=O) groups is 3. The van der Waals surface area contributed by atoms with Crippen LogP contribution in [0.4, 0.5) is 21.0 Å². The molecule has 2 aromatic rings. The highest BCUT2D eigenvalue weighted by atomic mass is 16.6. The standard InChI is InChI=1S/C25H30N4O5/c1-6-8-19(29-24(33)34-25(3,4)5)21-14-16(12-13-26-21)18-11-10-17(27-23(31)32)15-20(18)28-22(30)9-7-2/h6-7,10-15,19,27H,1-2,8-9H2,3-5H3,(H,28,30)(H,29,33)(H,31,32)/t19-/m0/s1. The fourth-order valence-electron chi connectivity index (χ4n) is 3.11. The van der Waals surface area contributed by atoms with Crippen molar-refractivity contribution >= 4 is 29.5 Å². The number of rotatable bonds is 9. The van der Waals surface area contributed by atoms with Gasteiger partial charge in [-0.2, -0.15) is 0 Å². The molecule has 0 spiro atoms. The van der Waals surface area contributed by atoms with Crippen molar-refractivity contribution in [1.82, 2.24) is 10.3 Å². The summed E-state index contributed by atoms with van der Waals surface area (Å²) in [4.78, 5) is 40.0. The Morgan fingerprint density at radius 2 is 1.85 bits per heavy atom. The third-order valence-electron chi connectivity index (χ3n) is 4.42. The summed E-state index contributed by atoms with van der Waals surface area (Å²) in [6.45, 7) is 12.6. The Morgan fingerprint density at radius 3 is 2.47 bits per heavy atom. The van der Waals surface area contributed by atoms with E-state index in [0.29, 0.717) is 34.6 Å². The normalized spacial score (nSPS) is 11.6. The molecule has 0 fully saturated rings. The van der Waals surface area contributed by atoms with Gasteiger partial charge in [-0.1, -0.05) is 18.2 Å². The van der Waals surface area contributed by atoms with Crippen LogP contribution in [-0.4, -0.2) is 33.8 Å². The molecule has 1 aromatic carbocycles. The lowest BCUT2D eigenvalue weighted by atomic mass is 10.0. The van der Waals surface area contributed by atoms with Crippen LogP contribution in [-0.2, 0) is 9.53 Å². The lowest BCUT2D eigenvalue weighted by molar-refractivity contribution is -0.115. The minimum absolute atomic E-state index is 0.0961. The number of anilines is 2. The molecule has 3 amide bonds. The van der Waals surface area contributed by atoms with Crippen molar-refractivity contribution < 1.29 is 24.2 Å². The number of alkyl carbamates (subject to hydrolysis) is 1. The molecule has 9 heteroatoms. The van der Waals surface area contributed by atoms with Gasteiger partial charge in [0, 0.05) is 23.9 Å². The van der Waals surface area contributed by atoms with Crippen LogP contribution < -0.4 is 16.0 Å². The number of carbonyl (C=O) groups excluding carboxylic acids is 2. The maximum Gasteiger partial charge on any atom is 0.409 e. The Morgan fingerprint density at radius 1 is 1.12 bits per heavy atom. The van der Waals surface area contributed by atoms with E-state index in [4.69, 9.17) is 9.84 Å². The summed E-state index contributed by atoms with van der Waals surface area (Å²) in [5, 5.41) is 16.9. The van der Waals surface area contributed by atoms with E-state index in [0.717, 1.165) is 0 Å². The predicted molar refractivity (Wildman–Crippen MR) is 132 cm³/mol. The van der Waals surface area contributed by atoms with Gasteiger partial charge in [0.05, 0.1) is 17.4 Å². The number of benzene rings is 1. The lowest BCUT2D eigenvalue weighted by Gasteiger charge is -2.23. The number of pyridine rings is 1. The highest BCUT2D eigenvalue weighted by molar-refractivity contribution is 5.98. The van der Waals surface area contributed by atoms with Gasteiger partial charge in [0.15, 0.2) is 0 Å². The van der Waals surface area contributed by atoms with Crippen molar-refractivity contribution in [2.45, 2.75) is 45.3 Å². The quantitative estimate of drug-likeness (QED) is 0.361. The molecule has 1 aromatic heterocycles. The molecular formula is C25H30N4O5. The van der Waals surface area contributed by atoms with Crippen LogP contribution in [0, 0.1) is 0 Å². The number of hydrogen-bond acceptors (Lipinski definition) is 5. The van der Waals surface area contributed by atoms with E-state index in [9.17, 15) is 14.4 Å². The largest absolute Gasteiger partial charge is 0.465 e. The van der Waals surface area contributed by atoms with Gasteiger partial charge in [0.1, 0.15) is 5.60 Å². The highest BCUT2D eigenvalue weighted by Gasteiger charge is 2.21. The second kappa shape index (κ2) is 11.6. The second-order valence-electron chi connectivity index (χ2n) is 8.42. The summed E-state index contributed by atoms with van der Waals surface area (Å²) in [6.07, 6.45) is 3.45. The SMILES string of the molecule is C=CCC(=O)Nc1cc(NC(=O)O)ccc1-c1ccnc([C@H](CC=C)NC(=O)OC(C)(C)C)c1. The number of amides is 3. The summed E-state index contributed by atoms with van der Waals surface area (Å²) in [7, 11) is 0. The van der Waals surface area contributed by atoms with Crippen molar-refractivity contribution in [3.63, 3.8) is 0 Å². The molecule has 0 radical (unpaired) electrons. The van der Waals surface area contributed by atoms with E-state index in [2.05, 4.69) is 34.1 Å². The molecule has 1 heterocycles. The summed E-state index contributed by atoms with van der Waals surface area (Å²) < 4.78 is 5.36. The highest BCUT2D eigenvalue weighted by Crippen LogP contribution is 2.32. The van der Waals surface area contributed by atoms with Crippen molar-refractivity contribution in [3.8, 4) is 11.1 Å². The van der Waals surface area contributed by atoms with Crippen LogP contribution in [0.2, 0.25) is 0 Å². The molecule has 0 unspecified atom stereocenters. The smallest absolute Gasteiger partial charge is 0.409 e. The Kier molecular flexibility index (Phi) is 8.94. The lowest BCUT2D eigenvalue weighted by Crippen LogP contribution is -2.35. The van der Waals surface area contributed by atoms with E-state index in [1.807, 2.05) is 0 Å². The number of ether oxygens (including phenoxy) is 1. The number of nitrogens with one attached hydrogen (secondary N) is 3. The van der Waals surface area contributed by atoms with Gasteiger partial charge in [0.25, 0.3) is 0 Å². The maximum atomic E-state index is 12.3. The average Bonchev–Trinajstić information content (AvgIpc) is 2.72. The molecule has 0 saturated heterocycles. The third-order valence-corrected chi connectivity index (χ3v) is 4.42. The molecule has 9 nitrogen and oxygen atoms in total. The summed E-state index contributed by atoms with van der Waals surface area (Å²) in [5.74, 6) is -0.297. The van der Waals surface area contributed by atoms with E-state index < -0.39 is 23.8 Å². The molecule has 0 saturated carbocycles. The van der Waals surface area contributed by atoms with Crippen LogP contribution in [0.5, 0.6) is 0 Å². The zero-order valence-electron chi connectivity index (χ0n) is 19.6. The van der Waals surface area contributed by atoms with Gasteiger partial charge in [0.2, 0.25) is 5.91 Å². The predicted octanol–water partition coefficient (Wildman–Crippen LogP) is 5.50. The molecule has 0 aliphatic carbocycles. The first-order chi connectivity index (χ1) is 16.0. The van der Waals surface area contributed by atoms with Gasteiger partial charge in [-0.3, -0.25) is 15.1 Å². The first-order valence-electron chi connectivity index (χ1n) is 10.6. The second-order valence-corrected chi connectivity index (χ2v) is 8.42. The summed E-state index contributed by atoms with van der Waals surface area (Å²) in [6, 6.07) is 7.87. The van der Waals surface area contributed by atoms with Gasteiger partial charge >= 0.3 is 12.2 Å². The minimum Gasteiger partial charge on any atom is -0.465 e. The van der Waals surface area contributed by atoms with E-state index >= 15 is 0 Å². The maximum absolute atomic E-state index is 12.3. The zero-order chi connectivity index (χ0) is 25.3. The van der Waals surface area contributed by atoms with Crippen LogP contribution >= 0.6 is 0 Å². The van der Waals surface area contributed by atoms with Crippen LogP contribution in [0.15, 0.2) is 61.8 Å². The van der Waals surface area contributed by atoms with Crippen LogP contribution in [0.3, 0.4) is 0 Å². The molecule has 0 aliphatic rings. The number of nitrogens with zero attached hydrogens (tertiary/aromatic N) is 1. The number of aromatic nitrogens is 1. The molecular weight excluding hydrogens is 436 g/mol. The number of hydrogen-bond donors (Lipinski definition) is 4. The average molecular weight is 467 g/mol. The first-order valence-corrected chi connectivity index (χ1v) is 10.6. The molecule has 2 rings (SSSR count). The Labute approximate surface area is 198 Å². The minimum atomic E-state index is -1.22. The molecule has 34 heavy (non-hydrogen) atoms. The van der Waals surface area contributed by atoms with Crippen molar-refractivity contribution in [1.29, 1.82) is 0 Å². The molecule has 0 bridgehead atoms. The Balaban J connectivity index is 2.43. The summed E-state index contributed by atoms with van der Waals surface area (Å²) in [5.41, 5.74) is 1.99. The first kappa shape index (κ1) is 26.1. The fourth-order valence-corrected chi connectivity index (χ4v) is 3.11. The van der Waals surface area contributed by atoms with Crippen LogP contribution in [0.25, 0.3) is 11.1 Å². The Bertz CT molecular complexity index is 1080. The number of carboxylic acid groups (broad SMARTS) is 1. The topological polar surface area (TPSA) is 130 Å². The van der Waals surface area contributed by atoms with Crippen molar-refractivity contribution in [3.05, 3.63) is 67.5 Å². The van der Waals surface area contributed by atoms with E-state index in [1.165, 1.54) is 12.1 Å². The zero-order valence-corrected chi connectivity index (χ0v) is 19.6. The molecule has 4 N–H and O–H groups in total. The fraction of sp³-hybridized carbons (Fsp3) is 0.280. The molecule has 1 atom stereocenters. The van der Waals surface area contributed by atoms with Gasteiger partial charge in [-0.05, 0) is 57.0 Å². The molecule has 0 aliphatic heterocycles. The van der Waals surface area contributed by atoms with Gasteiger partial charge in [-0.25, -0.2) is 9.59 Å². The van der Waals surface area contributed by atoms with E-state index in [-0.39, 0.29) is 12.3 Å². The van der Waals surface area contributed by atoms with Gasteiger partial charge < -0.3 is 20.5 Å². The molecule has 180 valence electrons. The monoisotopic (exact) mass is 466 g/mol.